The molecule has 0 saturated heterocycles. The molecule has 1 rings (SSSR count). The summed E-state index contributed by atoms with van der Waals surface area (Å²) < 4.78 is 5.73. The topological polar surface area (TPSA) is 38.5 Å². The Labute approximate surface area is 117 Å². The molecule has 19 heavy (non-hydrogen) atoms. The van der Waals surface area contributed by atoms with Crippen molar-refractivity contribution < 1.29 is 4.74 Å². The van der Waals surface area contributed by atoms with Gasteiger partial charge >= 0.3 is 0 Å². The Morgan fingerprint density at radius 3 is 2.11 bits per heavy atom. The average Bonchev–Trinajstić information content (AvgIpc) is 2.34. The van der Waals surface area contributed by atoms with Gasteiger partial charge in [0.1, 0.15) is 0 Å². The van der Waals surface area contributed by atoms with Gasteiger partial charge in [0.25, 0.3) is 0 Å². The first kappa shape index (κ1) is 16.0. The highest BCUT2D eigenvalue weighted by Crippen LogP contribution is 2.07. The molecule has 0 saturated carbocycles. The Balaban J connectivity index is 2.18. The number of hydrogen-bond donors (Lipinski definition) is 1. The zero-order valence-corrected chi connectivity index (χ0v) is 12.7. The molecule has 1 aromatic carbocycles. The van der Waals surface area contributed by atoms with Crippen LogP contribution < -0.4 is 5.73 Å². The maximum Gasteiger partial charge on any atom is 0.0593 e. The molecule has 3 nitrogen and oxygen atoms in total. The van der Waals surface area contributed by atoms with Gasteiger partial charge in [-0.1, -0.05) is 12.1 Å². The van der Waals surface area contributed by atoms with E-state index in [9.17, 15) is 0 Å². The Bertz CT molecular complexity index is 338. The number of nitrogen functional groups attached to an aromatic ring is 1. The molecule has 0 heterocycles. The lowest BCUT2D eigenvalue weighted by atomic mass is 10.1. The summed E-state index contributed by atoms with van der Waals surface area (Å²) in [6, 6.07) is 9.14. The van der Waals surface area contributed by atoms with Crippen LogP contribution in [0.15, 0.2) is 24.3 Å². The number of ether oxygens (including phenoxy) is 1. The van der Waals surface area contributed by atoms with E-state index in [1.54, 1.807) is 0 Å². The number of rotatable bonds is 8. The summed E-state index contributed by atoms with van der Waals surface area (Å²) in [5.74, 6) is 0. The Hall–Kier alpha value is -1.06. The summed E-state index contributed by atoms with van der Waals surface area (Å²) >= 11 is 0. The first-order chi connectivity index (χ1) is 9.00. The predicted octanol–water partition coefficient (Wildman–Crippen LogP) is 2.95. The highest BCUT2D eigenvalue weighted by atomic mass is 16.5. The van der Waals surface area contributed by atoms with E-state index < -0.39 is 0 Å². The van der Waals surface area contributed by atoms with Crippen LogP contribution in [0.5, 0.6) is 0 Å². The van der Waals surface area contributed by atoms with Gasteiger partial charge < -0.3 is 10.5 Å². The molecule has 2 N–H and O–H groups in total. The molecule has 108 valence electrons. The molecule has 0 radical (unpaired) electrons. The fourth-order valence-corrected chi connectivity index (χ4v) is 2.26. The fraction of sp³-hybridized carbons (Fsp3) is 0.625. The van der Waals surface area contributed by atoms with Gasteiger partial charge in [-0.2, -0.15) is 0 Å². The number of benzene rings is 1. The lowest BCUT2D eigenvalue weighted by Gasteiger charge is -2.30. The Morgan fingerprint density at radius 2 is 1.58 bits per heavy atom. The zero-order chi connectivity index (χ0) is 14.3. The number of hydrogen-bond acceptors (Lipinski definition) is 3. The first-order valence-corrected chi connectivity index (χ1v) is 7.18. The predicted molar refractivity (Wildman–Crippen MR) is 82.4 cm³/mol. The van der Waals surface area contributed by atoms with Crippen LogP contribution in [0.4, 0.5) is 5.69 Å². The van der Waals surface area contributed by atoms with Crippen molar-refractivity contribution in [2.24, 2.45) is 0 Å². The van der Waals surface area contributed by atoms with E-state index >= 15 is 0 Å². The van der Waals surface area contributed by atoms with Crippen LogP contribution in [0, 0.1) is 0 Å². The lowest BCUT2D eigenvalue weighted by molar-refractivity contribution is 0.0800. The maximum absolute atomic E-state index is 5.73. The van der Waals surface area contributed by atoms with Crippen molar-refractivity contribution in [1.29, 1.82) is 0 Å². The minimum absolute atomic E-state index is 0.570. The molecule has 0 aliphatic carbocycles. The monoisotopic (exact) mass is 264 g/mol. The maximum atomic E-state index is 5.73. The van der Waals surface area contributed by atoms with Gasteiger partial charge in [-0.05, 0) is 51.8 Å². The molecule has 0 amide bonds. The third-order valence-electron chi connectivity index (χ3n) is 3.34. The number of nitrogens with zero attached hydrogens (tertiary/aromatic N) is 1. The van der Waals surface area contributed by atoms with Gasteiger partial charge in [-0.25, -0.2) is 0 Å². The van der Waals surface area contributed by atoms with Crippen LogP contribution in [0.3, 0.4) is 0 Å². The van der Waals surface area contributed by atoms with Gasteiger partial charge in [0.2, 0.25) is 0 Å². The minimum Gasteiger partial charge on any atom is -0.399 e. The van der Waals surface area contributed by atoms with Crippen molar-refractivity contribution in [2.45, 2.75) is 46.2 Å². The second-order valence-electron chi connectivity index (χ2n) is 5.53. The molecular formula is C16H28N2O. The second kappa shape index (κ2) is 8.18. The quantitative estimate of drug-likeness (QED) is 0.579. The third-order valence-corrected chi connectivity index (χ3v) is 3.34. The molecule has 0 aliphatic rings. The summed E-state index contributed by atoms with van der Waals surface area (Å²) in [6.07, 6.45) is 0.948. The first-order valence-electron chi connectivity index (χ1n) is 7.18. The molecule has 3 heteroatoms. The van der Waals surface area contributed by atoms with E-state index in [2.05, 4.69) is 44.7 Å². The smallest absolute Gasteiger partial charge is 0.0593 e. The minimum atomic E-state index is 0.570. The summed E-state index contributed by atoms with van der Waals surface area (Å²) in [5, 5.41) is 0. The van der Waals surface area contributed by atoms with Crippen LogP contribution in [0.2, 0.25) is 0 Å². The van der Waals surface area contributed by atoms with Crippen LogP contribution in [0.1, 0.15) is 33.3 Å². The molecular weight excluding hydrogens is 236 g/mol. The van der Waals surface area contributed by atoms with E-state index in [4.69, 9.17) is 10.5 Å². The average molecular weight is 264 g/mol. The van der Waals surface area contributed by atoms with E-state index in [1.165, 1.54) is 5.56 Å². The molecule has 0 spiro atoms. The summed E-state index contributed by atoms with van der Waals surface area (Å²) in [5.41, 5.74) is 7.75. The molecule has 1 aromatic rings. The van der Waals surface area contributed by atoms with Crippen molar-refractivity contribution in [3.8, 4) is 0 Å². The molecule has 0 atom stereocenters. The van der Waals surface area contributed by atoms with E-state index in [-0.39, 0.29) is 0 Å². The molecule has 0 bridgehead atoms. The third kappa shape index (κ3) is 6.08. The number of anilines is 1. The van der Waals surface area contributed by atoms with Gasteiger partial charge in [0.15, 0.2) is 0 Å². The van der Waals surface area contributed by atoms with E-state index in [0.717, 1.165) is 31.9 Å². The van der Waals surface area contributed by atoms with Crippen LogP contribution in [-0.4, -0.2) is 36.7 Å². The summed E-state index contributed by atoms with van der Waals surface area (Å²) in [6.45, 7) is 11.5. The number of nitrogens with two attached hydrogens (primary N) is 1. The Morgan fingerprint density at radius 1 is 1.00 bits per heavy atom. The van der Waals surface area contributed by atoms with E-state index in [1.807, 2.05) is 12.1 Å². The lowest BCUT2D eigenvalue weighted by Crippen LogP contribution is -2.39. The van der Waals surface area contributed by atoms with Crippen molar-refractivity contribution in [1.82, 2.24) is 4.90 Å². The van der Waals surface area contributed by atoms with E-state index in [0.29, 0.717) is 12.1 Å². The van der Waals surface area contributed by atoms with Crippen LogP contribution in [0.25, 0.3) is 0 Å². The van der Waals surface area contributed by atoms with Crippen LogP contribution >= 0.6 is 0 Å². The van der Waals surface area contributed by atoms with Crippen molar-refractivity contribution in [2.75, 3.05) is 25.5 Å². The molecule has 0 fully saturated rings. The van der Waals surface area contributed by atoms with Gasteiger partial charge in [0, 0.05) is 24.3 Å². The largest absolute Gasteiger partial charge is 0.399 e. The fourth-order valence-electron chi connectivity index (χ4n) is 2.26. The normalized spacial score (nSPS) is 11.7. The molecule has 0 aromatic heterocycles. The molecule has 0 aliphatic heterocycles. The summed E-state index contributed by atoms with van der Waals surface area (Å²) in [4.78, 5) is 2.45. The van der Waals surface area contributed by atoms with Crippen molar-refractivity contribution in [3.05, 3.63) is 29.8 Å². The second-order valence-corrected chi connectivity index (χ2v) is 5.53. The van der Waals surface area contributed by atoms with Gasteiger partial charge in [-0.3, -0.25) is 4.90 Å². The zero-order valence-electron chi connectivity index (χ0n) is 12.7. The van der Waals surface area contributed by atoms with Crippen LogP contribution in [-0.2, 0) is 11.2 Å². The highest BCUT2D eigenvalue weighted by Gasteiger charge is 2.12. The van der Waals surface area contributed by atoms with Crippen molar-refractivity contribution >= 4 is 5.69 Å². The van der Waals surface area contributed by atoms with Gasteiger partial charge in [0.05, 0.1) is 13.2 Å². The SMILES string of the molecule is CC(C)N(CCOCCc1ccc(N)cc1)C(C)C. The Kier molecular flexibility index (Phi) is 6.89. The van der Waals surface area contributed by atoms with Gasteiger partial charge in [-0.15, -0.1) is 0 Å². The summed E-state index contributed by atoms with van der Waals surface area (Å²) in [7, 11) is 0. The van der Waals surface area contributed by atoms with Crippen molar-refractivity contribution in [3.63, 3.8) is 0 Å². The standard InChI is InChI=1S/C16H28N2O/c1-13(2)18(14(3)4)10-12-19-11-9-15-5-7-16(17)8-6-15/h5-8,13-14H,9-12,17H2,1-4H3. The highest BCUT2D eigenvalue weighted by molar-refractivity contribution is 5.39. The molecule has 0 unspecified atom stereocenters.